The highest BCUT2D eigenvalue weighted by Crippen LogP contribution is 2.20. The van der Waals surface area contributed by atoms with E-state index in [1.807, 2.05) is 0 Å². The van der Waals surface area contributed by atoms with Gasteiger partial charge >= 0.3 is 5.97 Å². The van der Waals surface area contributed by atoms with Crippen LogP contribution in [0.25, 0.3) is 0 Å². The largest absolute Gasteiger partial charge is 0.480 e. The summed E-state index contributed by atoms with van der Waals surface area (Å²) in [6.45, 7) is 0. The average molecular weight is 331 g/mol. The maximum Gasteiger partial charge on any atom is 0.327 e. The van der Waals surface area contributed by atoms with Gasteiger partial charge in [-0.15, -0.1) is 0 Å². The quantitative estimate of drug-likeness (QED) is 0.472. The van der Waals surface area contributed by atoms with Gasteiger partial charge in [0.2, 0.25) is 12.3 Å². The minimum Gasteiger partial charge on any atom is -0.480 e. The minimum absolute atomic E-state index is 0.202. The van der Waals surface area contributed by atoms with Crippen molar-refractivity contribution in [2.75, 3.05) is 16.8 Å². The van der Waals surface area contributed by atoms with Crippen LogP contribution in [0.5, 0.6) is 0 Å². The molecule has 0 bridgehead atoms. The van der Waals surface area contributed by atoms with Gasteiger partial charge in [-0.3, -0.25) is 9.59 Å². The molecule has 1 aromatic rings. The molecule has 0 aromatic heterocycles. The number of carboxylic acids is 1. The summed E-state index contributed by atoms with van der Waals surface area (Å²) in [5.74, 6) is -0.658. The Morgan fingerprint density at radius 2 is 2.10 bits per heavy atom. The average Bonchev–Trinajstić information content (AvgIpc) is 2.44. The summed E-state index contributed by atoms with van der Waals surface area (Å²) < 4.78 is 0. The Bertz CT molecular complexity index is 513. The van der Waals surface area contributed by atoms with Crippen molar-refractivity contribution in [2.24, 2.45) is 0 Å². The molecule has 2 amide bonds. The van der Waals surface area contributed by atoms with E-state index in [4.69, 9.17) is 16.7 Å². The number of rotatable bonds is 9. The number of anilines is 1. The number of nitrogens with one attached hydrogen (secondary N) is 2. The van der Waals surface area contributed by atoms with E-state index in [2.05, 4.69) is 10.6 Å². The molecule has 1 aromatic carbocycles. The summed E-state index contributed by atoms with van der Waals surface area (Å²) in [5.41, 5.74) is 0.542. The molecule has 0 spiro atoms. The van der Waals surface area contributed by atoms with E-state index in [0.717, 1.165) is 0 Å². The molecule has 0 radical (unpaired) electrons. The fraction of sp³-hybridized carbons (Fsp3) is 0.308. The molecule has 1 atom stereocenters. The molecule has 6 nitrogen and oxygen atoms in total. The van der Waals surface area contributed by atoms with Gasteiger partial charge in [0.15, 0.2) is 0 Å². The van der Waals surface area contributed by atoms with Crippen LogP contribution in [0.3, 0.4) is 0 Å². The fourth-order valence-electron chi connectivity index (χ4n) is 1.41. The van der Waals surface area contributed by atoms with E-state index in [-0.39, 0.29) is 18.1 Å². The standard InChI is InChI=1S/C13H15ClN2O4S/c14-9-3-1-2-4-10(9)16-12(18)5-6-21-7-11(13(19)20)15-8-17/h1-4,8,11H,5-7H2,(H,15,17)(H,16,18)(H,19,20). The lowest BCUT2D eigenvalue weighted by molar-refractivity contribution is -0.139. The molecule has 0 saturated heterocycles. The van der Waals surface area contributed by atoms with Crippen molar-refractivity contribution in [3.05, 3.63) is 29.3 Å². The maximum atomic E-state index is 11.7. The summed E-state index contributed by atoms with van der Waals surface area (Å²) in [6.07, 6.45) is 0.576. The van der Waals surface area contributed by atoms with E-state index in [9.17, 15) is 14.4 Å². The van der Waals surface area contributed by atoms with Crippen molar-refractivity contribution in [3.63, 3.8) is 0 Å². The van der Waals surface area contributed by atoms with Gasteiger partial charge in [-0.2, -0.15) is 11.8 Å². The Hall–Kier alpha value is -1.73. The number of aliphatic carboxylic acids is 1. The van der Waals surface area contributed by atoms with Gasteiger partial charge in [0.1, 0.15) is 6.04 Å². The molecule has 1 unspecified atom stereocenters. The Labute approximate surface area is 131 Å². The predicted molar refractivity (Wildman–Crippen MR) is 82.6 cm³/mol. The van der Waals surface area contributed by atoms with Gasteiger partial charge in [-0.25, -0.2) is 4.79 Å². The third-order valence-electron chi connectivity index (χ3n) is 2.47. The number of thioether (sulfide) groups is 1. The first-order valence-electron chi connectivity index (χ1n) is 6.09. The van der Waals surface area contributed by atoms with Crippen molar-refractivity contribution in [3.8, 4) is 0 Å². The number of carbonyl (C=O) groups excluding carboxylic acids is 2. The van der Waals surface area contributed by atoms with Crippen LogP contribution in [-0.2, 0) is 14.4 Å². The lowest BCUT2D eigenvalue weighted by atomic mass is 10.3. The topological polar surface area (TPSA) is 95.5 Å². The lowest BCUT2D eigenvalue weighted by Gasteiger charge is -2.10. The Kier molecular flexibility index (Phi) is 7.63. The minimum atomic E-state index is -1.10. The van der Waals surface area contributed by atoms with Crippen molar-refractivity contribution >= 4 is 47.3 Å². The van der Waals surface area contributed by atoms with Crippen LogP contribution in [0.1, 0.15) is 6.42 Å². The zero-order valence-corrected chi connectivity index (χ0v) is 12.6. The molecular weight excluding hydrogens is 316 g/mol. The molecule has 3 N–H and O–H groups in total. The lowest BCUT2D eigenvalue weighted by Crippen LogP contribution is -2.37. The molecule has 0 fully saturated rings. The first kappa shape index (κ1) is 17.3. The molecule has 114 valence electrons. The molecule has 0 aliphatic rings. The number of hydrogen-bond donors (Lipinski definition) is 3. The van der Waals surface area contributed by atoms with Gasteiger partial charge in [0, 0.05) is 17.9 Å². The normalized spacial score (nSPS) is 11.5. The van der Waals surface area contributed by atoms with E-state index in [1.54, 1.807) is 24.3 Å². The highest BCUT2D eigenvalue weighted by atomic mass is 35.5. The Balaban J connectivity index is 2.29. The molecular formula is C13H15ClN2O4S. The first-order chi connectivity index (χ1) is 10.0. The van der Waals surface area contributed by atoms with Gasteiger partial charge in [-0.1, -0.05) is 23.7 Å². The third kappa shape index (κ3) is 6.50. The van der Waals surface area contributed by atoms with Crippen molar-refractivity contribution in [2.45, 2.75) is 12.5 Å². The number of hydrogen-bond acceptors (Lipinski definition) is 4. The molecule has 0 saturated carbocycles. The van der Waals surface area contributed by atoms with Gasteiger partial charge in [0.25, 0.3) is 0 Å². The van der Waals surface area contributed by atoms with Crippen molar-refractivity contribution < 1.29 is 19.5 Å². The van der Waals surface area contributed by atoms with E-state index < -0.39 is 12.0 Å². The van der Waals surface area contributed by atoms with E-state index in [0.29, 0.717) is 22.9 Å². The number of para-hydroxylation sites is 1. The summed E-state index contributed by atoms with van der Waals surface area (Å²) >= 11 is 7.19. The number of halogens is 1. The maximum absolute atomic E-state index is 11.7. The number of amides is 2. The van der Waals surface area contributed by atoms with Crippen LogP contribution in [-0.4, -0.2) is 40.9 Å². The summed E-state index contributed by atoms with van der Waals surface area (Å²) in [7, 11) is 0. The second-order valence-corrected chi connectivity index (χ2v) is 5.59. The zero-order valence-electron chi connectivity index (χ0n) is 11.0. The Morgan fingerprint density at radius 3 is 2.71 bits per heavy atom. The monoisotopic (exact) mass is 330 g/mol. The number of carboxylic acid groups (broad SMARTS) is 1. The highest BCUT2D eigenvalue weighted by Gasteiger charge is 2.16. The van der Waals surface area contributed by atoms with Crippen LogP contribution in [0.2, 0.25) is 5.02 Å². The third-order valence-corrected chi connectivity index (χ3v) is 3.86. The summed E-state index contributed by atoms with van der Waals surface area (Å²) in [4.78, 5) is 32.7. The van der Waals surface area contributed by atoms with E-state index in [1.165, 1.54) is 11.8 Å². The van der Waals surface area contributed by atoms with Gasteiger partial charge in [0.05, 0.1) is 10.7 Å². The molecule has 0 aliphatic heterocycles. The van der Waals surface area contributed by atoms with E-state index >= 15 is 0 Å². The zero-order chi connectivity index (χ0) is 15.7. The first-order valence-corrected chi connectivity index (χ1v) is 7.62. The molecule has 21 heavy (non-hydrogen) atoms. The Morgan fingerprint density at radius 1 is 1.38 bits per heavy atom. The molecule has 8 heteroatoms. The fourth-order valence-corrected chi connectivity index (χ4v) is 2.57. The second-order valence-electron chi connectivity index (χ2n) is 4.03. The summed E-state index contributed by atoms with van der Waals surface area (Å²) in [6, 6.07) is 5.95. The smallest absolute Gasteiger partial charge is 0.327 e. The van der Waals surface area contributed by atoms with Crippen LogP contribution in [0, 0.1) is 0 Å². The molecule has 0 heterocycles. The molecule has 0 aliphatic carbocycles. The van der Waals surface area contributed by atoms with Crippen LogP contribution < -0.4 is 10.6 Å². The van der Waals surface area contributed by atoms with Crippen molar-refractivity contribution in [1.29, 1.82) is 0 Å². The SMILES string of the molecule is O=CNC(CSCCC(=O)Nc1ccccc1Cl)C(=O)O. The number of benzene rings is 1. The summed E-state index contributed by atoms with van der Waals surface area (Å²) in [5, 5.41) is 14.1. The van der Waals surface area contributed by atoms with Gasteiger partial charge in [-0.05, 0) is 12.1 Å². The second kappa shape index (κ2) is 9.25. The predicted octanol–water partition coefficient (Wildman–Crippen LogP) is 1.60. The van der Waals surface area contributed by atoms with Crippen molar-refractivity contribution in [1.82, 2.24) is 5.32 Å². The highest BCUT2D eigenvalue weighted by molar-refractivity contribution is 7.99. The number of carbonyl (C=O) groups is 3. The van der Waals surface area contributed by atoms with Crippen LogP contribution >= 0.6 is 23.4 Å². The van der Waals surface area contributed by atoms with Crippen LogP contribution in [0.15, 0.2) is 24.3 Å². The molecule has 1 rings (SSSR count). The van der Waals surface area contributed by atoms with Gasteiger partial charge < -0.3 is 15.7 Å². The van der Waals surface area contributed by atoms with Crippen LogP contribution in [0.4, 0.5) is 5.69 Å².